The molecule has 4 rings (SSSR count). The highest BCUT2D eigenvalue weighted by Gasteiger charge is 2.27. The van der Waals surface area contributed by atoms with Crippen LogP contribution in [0.1, 0.15) is 48.1 Å². The molecule has 0 aromatic heterocycles. The Hall–Kier alpha value is -2.20. The number of methoxy groups -OCH3 is 1. The first-order chi connectivity index (χ1) is 12.2. The molecule has 0 amide bonds. The summed E-state index contributed by atoms with van der Waals surface area (Å²) in [6, 6.07) is 10.9. The van der Waals surface area contributed by atoms with Crippen molar-refractivity contribution in [3.8, 4) is 17.2 Å². The molecule has 25 heavy (non-hydrogen) atoms. The van der Waals surface area contributed by atoms with Crippen LogP contribution >= 0.6 is 0 Å². The van der Waals surface area contributed by atoms with Gasteiger partial charge in [0.1, 0.15) is 19.0 Å². The molecule has 4 heteroatoms. The smallest absolute Gasteiger partial charge is 0.161 e. The minimum absolute atomic E-state index is 0.169. The number of benzene rings is 2. The molecule has 0 spiro atoms. The van der Waals surface area contributed by atoms with E-state index in [4.69, 9.17) is 14.2 Å². The zero-order chi connectivity index (χ0) is 17.4. The second-order valence-corrected chi connectivity index (χ2v) is 6.98. The zero-order valence-corrected chi connectivity index (χ0v) is 15.1. The number of hydrogen-bond donors (Lipinski definition) is 1. The van der Waals surface area contributed by atoms with Crippen molar-refractivity contribution in [2.45, 2.75) is 32.2 Å². The zero-order valence-electron chi connectivity index (χ0n) is 15.1. The Kier molecular flexibility index (Phi) is 4.30. The molecule has 1 atom stereocenters. The predicted octanol–water partition coefficient (Wildman–Crippen LogP) is 3.82. The van der Waals surface area contributed by atoms with Crippen LogP contribution in [0.3, 0.4) is 0 Å². The fourth-order valence-corrected chi connectivity index (χ4v) is 3.81. The first-order valence-electron chi connectivity index (χ1n) is 9.01. The second-order valence-electron chi connectivity index (χ2n) is 6.98. The van der Waals surface area contributed by atoms with Gasteiger partial charge in [0.2, 0.25) is 0 Å². The van der Waals surface area contributed by atoms with Gasteiger partial charge in [-0.3, -0.25) is 0 Å². The van der Waals surface area contributed by atoms with Crippen LogP contribution in [0.25, 0.3) is 0 Å². The van der Waals surface area contributed by atoms with E-state index in [2.05, 4.69) is 49.5 Å². The predicted molar refractivity (Wildman–Crippen MR) is 98.1 cm³/mol. The van der Waals surface area contributed by atoms with Crippen LogP contribution in [0.2, 0.25) is 0 Å². The summed E-state index contributed by atoms with van der Waals surface area (Å²) in [6.07, 6.45) is 1.01. The summed E-state index contributed by atoms with van der Waals surface area (Å²) in [6.45, 7) is 6.66. The van der Waals surface area contributed by atoms with Gasteiger partial charge < -0.3 is 19.5 Å². The minimum atomic E-state index is 0.169. The standard InChI is InChI=1S/C21H25NO3/c1-13(2)17-11-15(23-3)4-5-16(17)21-18-12-20-19(24-8-9-25-20)10-14(18)6-7-22-21/h4-5,10-13,21-22H,6-9H2,1-3H3. The Labute approximate surface area is 149 Å². The molecule has 1 N–H and O–H groups in total. The molecule has 0 fully saturated rings. The van der Waals surface area contributed by atoms with E-state index in [1.807, 2.05) is 0 Å². The lowest BCUT2D eigenvalue weighted by molar-refractivity contribution is 0.171. The van der Waals surface area contributed by atoms with Gasteiger partial charge in [0.15, 0.2) is 11.5 Å². The molecule has 0 aliphatic carbocycles. The Morgan fingerprint density at radius 1 is 1.04 bits per heavy atom. The Balaban J connectivity index is 1.81. The molecule has 132 valence electrons. The Morgan fingerprint density at radius 2 is 1.80 bits per heavy atom. The number of hydrogen-bond acceptors (Lipinski definition) is 4. The van der Waals surface area contributed by atoms with Gasteiger partial charge >= 0.3 is 0 Å². The molecular weight excluding hydrogens is 314 g/mol. The molecule has 2 aromatic rings. The molecule has 2 aliphatic rings. The first kappa shape index (κ1) is 16.3. The van der Waals surface area contributed by atoms with E-state index in [1.54, 1.807) is 7.11 Å². The molecule has 0 radical (unpaired) electrons. The average Bonchev–Trinajstić information content (AvgIpc) is 2.65. The van der Waals surface area contributed by atoms with Gasteiger partial charge in [0, 0.05) is 6.54 Å². The average molecular weight is 339 g/mol. The van der Waals surface area contributed by atoms with Crippen molar-refractivity contribution >= 4 is 0 Å². The molecule has 1 unspecified atom stereocenters. The second kappa shape index (κ2) is 6.60. The normalized spacial score (nSPS) is 18.8. The molecule has 2 heterocycles. The lowest BCUT2D eigenvalue weighted by atomic mass is 9.84. The molecule has 2 aromatic carbocycles. The Morgan fingerprint density at radius 3 is 2.52 bits per heavy atom. The van der Waals surface area contributed by atoms with Gasteiger partial charge in [-0.1, -0.05) is 19.9 Å². The van der Waals surface area contributed by atoms with E-state index in [1.165, 1.54) is 22.3 Å². The van der Waals surface area contributed by atoms with Crippen molar-refractivity contribution in [1.29, 1.82) is 0 Å². The van der Waals surface area contributed by atoms with Crippen LogP contribution in [0, 0.1) is 0 Å². The number of ether oxygens (including phenoxy) is 3. The Bertz CT molecular complexity index is 785. The summed E-state index contributed by atoms with van der Waals surface area (Å²) >= 11 is 0. The highest BCUT2D eigenvalue weighted by atomic mass is 16.6. The van der Waals surface area contributed by atoms with E-state index in [9.17, 15) is 0 Å². The van der Waals surface area contributed by atoms with Crippen molar-refractivity contribution in [1.82, 2.24) is 5.32 Å². The van der Waals surface area contributed by atoms with Gasteiger partial charge in [0.05, 0.1) is 13.2 Å². The summed E-state index contributed by atoms with van der Waals surface area (Å²) in [5.74, 6) is 3.07. The highest BCUT2D eigenvalue weighted by molar-refractivity contribution is 5.53. The van der Waals surface area contributed by atoms with E-state index < -0.39 is 0 Å². The molecule has 0 saturated heterocycles. The fraction of sp³-hybridized carbons (Fsp3) is 0.429. The molecule has 2 aliphatic heterocycles. The van der Waals surface area contributed by atoms with Crippen molar-refractivity contribution in [2.75, 3.05) is 26.9 Å². The van der Waals surface area contributed by atoms with Crippen LogP contribution in [-0.2, 0) is 6.42 Å². The molecule has 4 nitrogen and oxygen atoms in total. The fourth-order valence-electron chi connectivity index (χ4n) is 3.81. The van der Waals surface area contributed by atoms with Crippen molar-refractivity contribution < 1.29 is 14.2 Å². The van der Waals surface area contributed by atoms with Crippen molar-refractivity contribution in [3.63, 3.8) is 0 Å². The summed E-state index contributed by atoms with van der Waals surface area (Å²) in [4.78, 5) is 0. The van der Waals surface area contributed by atoms with Crippen LogP contribution in [0.4, 0.5) is 0 Å². The topological polar surface area (TPSA) is 39.7 Å². The van der Waals surface area contributed by atoms with E-state index in [0.717, 1.165) is 30.2 Å². The number of nitrogens with one attached hydrogen (secondary N) is 1. The van der Waals surface area contributed by atoms with Gasteiger partial charge in [-0.15, -0.1) is 0 Å². The molecular formula is C21H25NO3. The lowest BCUT2D eigenvalue weighted by Crippen LogP contribution is -2.32. The quantitative estimate of drug-likeness (QED) is 0.923. The number of fused-ring (bicyclic) bond motifs is 2. The van der Waals surface area contributed by atoms with Gasteiger partial charge in [0.25, 0.3) is 0 Å². The van der Waals surface area contributed by atoms with Gasteiger partial charge in [-0.25, -0.2) is 0 Å². The van der Waals surface area contributed by atoms with Crippen LogP contribution in [0.15, 0.2) is 30.3 Å². The number of rotatable bonds is 3. The first-order valence-corrected chi connectivity index (χ1v) is 9.01. The summed E-state index contributed by atoms with van der Waals surface area (Å²) in [5.41, 5.74) is 5.27. The third-order valence-electron chi connectivity index (χ3n) is 5.08. The van der Waals surface area contributed by atoms with Crippen molar-refractivity contribution in [2.24, 2.45) is 0 Å². The summed E-state index contributed by atoms with van der Waals surface area (Å²) in [5, 5.41) is 3.69. The monoisotopic (exact) mass is 339 g/mol. The maximum atomic E-state index is 5.82. The lowest BCUT2D eigenvalue weighted by Gasteiger charge is -2.31. The highest BCUT2D eigenvalue weighted by Crippen LogP contribution is 2.40. The molecule has 0 bridgehead atoms. The van der Waals surface area contributed by atoms with E-state index >= 15 is 0 Å². The van der Waals surface area contributed by atoms with Gasteiger partial charge in [-0.05, 0) is 58.9 Å². The van der Waals surface area contributed by atoms with Crippen molar-refractivity contribution in [3.05, 3.63) is 52.6 Å². The summed E-state index contributed by atoms with van der Waals surface area (Å²) in [7, 11) is 1.72. The maximum Gasteiger partial charge on any atom is 0.161 e. The van der Waals surface area contributed by atoms with Crippen LogP contribution in [0.5, 0.6) is 17.2 Å². The van der Waals surface area contributed by atoms with Crippen LogP contribution in [-0.4, -0.2) is 26.9 Å². The third kappa shape index (κ3) is 2.95. The largest absolute Gasteiger partial charge is 0.497 e. The SMILES string of the molecule is COc1ccc(C2NCCc3cc4c(cc32)OCCO4)c(C(C)C)c1. The maximum absolute atomic E-state index is 5.82. The summed E-state index contributed by atoms with van der Waals surface area (Å²) < 4.78 is 17.0. The van der Waals surface area contributed by atoms with Crippen LogP contribution < -0.4 is 19.5 Å². The molecule has 0 saturated carbocycles. The van der Waals surface area contributed by atoms with E-state index in [-0.39, 0.29) is 6.04 Å². The van der Waals surface area contributed by atoms with E-state index in [0.29, 0.717) is 19.1 Å². The third-order valence-corrected chi connectivity index (χ3v) is 5.08. The minimum Gasteiger partial charge on any atom is -0.497 e. The van der Waals surface area contributed by atoms with Gasteiger partial charge in [-0.2, -0.15) is 0 Å².